The fourth-order valence-corrected chi connectivity index (χ4v) is 2.07. The lowest BCUT2D eigenvalue weighted by Crippen LogP contribution is -2.40. The van der Waals surface area contributed by atoms with Crippen molar-refractivity contribution in [1.29, 1.82) is 0 Å². The van der Waals surface area contributed by atoms with Gasteiger partial charge in [-0.1, -0.05) is 43.1 Å². The van der Waals surface area contributed by atoms with Crippen LogP contribution in [0.15, 0.2) is 18.2 Å². The van der Waals surface area contributed by atoms with Gasteiger partial charge >= 0.3 is 11.8 Å². The topological polar surface area (TPSA) is 61.4 Å². The molecule has 1 aromatic carbocycles. The highest BCUT2D eigenvalue weighted by Crippen LogP contribution is 2.29. The Kier molecular flexibility index (Phi) is 7.50. The van der Waals surface area contributed by atoms with E-state index in [0.717, 1.165) is 13.1 Å². The lowest BCUT2D eigenvalue weighted by molar-refractivity contribution is -0.136. The molecule has 0 aliphatic heterocycles. The van der Waals surface area contributed by atoms with Crippen molar-refractivity contribution in [1.82, 2.24) is 10.2 Å². The fraction of sp³-hybridized carbons (Fsp3) is 0.429. The lowest BCUT2D eigenvalue weighted by Gasteiger charge is -2.17. The molecule has 21 heavy (non-hydrogen) atoms. The Hall–Kier alpha value is -1.30. The first-order chi connectivity index (χ1) is 9.99. The molecule has 0 aliphatic rings. The lowest BCUT2D eigenvalue weighted by atomic mass is 10.3. The van der Waals surface area contributed by atoms with E-state index in [-0.39, 0.29) is 5.02 Å². The maximum absolute atomic E-state index is 11.8. The van der Waals surface area contributed by atoms with Crippen molar-refractivity contribution in [3.8, 4) is 0 Å². The largest absolute Gasteiger partial charge is 0.347 e. The van der Waals surface area contributed by atoms with E-state index in [0.29, 0.717) is 23.8 Å². The van der Waals surface area contributed by atoms with Crippen molar-refractivity contribution in [2.75, 3.05) is 31.5 Å². The average molecular weight is 332 g/mol. The number of hydrogen-bond donors (Lipinski definition) is 2. The van der Waals surface area contributed by atoms with E-state index in [1.54, 1.807) is 18.2 Å². The van der Waals surface area contributed by atoms with E-state index in [4.69, 9.17) is 23.2 Å². The number of likely N-dealkylation sites (N-methyl/N-ethyl adjacent to an activating group) is 1. The van der Waals surface area contributed by atoms with Crippen LogP contribution in [-0.2, 0) is 9.59 Å². The van der Waals surface area contributed by atoms with Gasteiger partial charge in [0.15, 0.2) is 0 Å². The zero-order valence-corrected chi connectivity index (χ0v) is 13.6. The van der Waals surface area contributed by atoms with Crippen LogP contribution in [0.5, 0.6) is 0 Å². The molecular weight excluding hydrogens is 313 g/mol. The number of halogens is 2. The predicted molar refractivity (Wildman–Crippen MR) is 85.9 cm³/mol. The second-order valence-corrected chi connectivity index (χ2v) is 5.12. The Morgan fingerprint density at radius 3 is 2.43 bits per heavy atom. The highest BCUT2D eigenvalue weighted by molar-refractivity contribution is 6.45. The molecule has 0 spiro atoms. The molecule has 2 N–H and O–H groups in total. The Morgan fingerprint density at radius 1 is 1.14 bits per heavy atom. The van der Waals surface area contributed by atoms with Crippen LogP contribution in [0.1, 0.15) is 13.8 Å². The number of rotatable bonds is 6. The van der Waals surface area contributed by atoms with Crippen LogP contribution in [0.25, 0.3) is 0 Å². The number of benzene rings is 1. The third kappa shape index (κ3) is 5.53. The molecule has 0 bridgehead atoms. The molecule has 1 aromatic rings. The van der Waals surface area contributed by atoms with E-state index in [1.165, 1.54) is 0 Å². The van der Waals surface area contributed by atoms with Crippen LogP contribution in [0, 0.1) is 0 Å². The second kappa shape index (κ2) is 8.87. The summed E-state index contributed by atoms with van der Waals surface area (Å²) in [5, 5.41) is 5.53. The first kappa shape index (κ1) is 17.8. The van der Waals surface area contributed by atoms with Crippen molar-refractivity contribution in [3.05, 3.63) is 28.2 Å². The average Bonchev–Trinajstić information content (AvgIpc) is 2.48. The van der Waals surface area contributed by atoms with Crippen LogP contribution in [0.4, 0.5) is 5.69 Å². The number of nitrogens with one attached hydrogen (secondary N) is 2. The molecular formula is C14H19Cl2N3O2. The van der Waals surface area contributed by atoms with Crippen molar-refractivity contribution in [2.24, 2.45) is 0 Å². The summed E-state index contributed by atoms with van der Waals surface area (Å²) in [5.41, 5.74) is 0.313. The molecule has 2 amide bonds. The van der Waals surface area contributed by atoms with Gasteiger partial charge in [0.2, 0.25) is 0 Å². The molecule has 0 fully saturated rings. The number of hydrogen-bond acceptors (Lipinski definition) is 3. The molecule has 0 saturated heterocycles. The van der Waals surface area contributed by atoms with Crippen LogP contribution in [0.2, 0.25) is 10.0 Å². The highest BCUT2D eigenvalue weighted by Gasteiger charge is 2.15. The minimum Gasteiger partial charge on any atom is -0.347 e. The van der Waals surface area contributed by atoms with Gasteiger partial charge in [-0.25, -0.2) is 0 Å². The van der Waals surface area contributed by atoms with Crippen molar-refractivity contribution in [3.63, 3.8) is 0 Å². The van der Waals surface area contributed by atoms with Gasteiger partial charge in [0.1, 0.15) is 0 Å². The van der Waals surface area contributed by atoms with Crippen LogP contribution in [-0.4, -0.2) is 42.9 Å². The van der Waals surface area contributed by atoms with E-state index in [2.05, 4.69) is 15.5 Å². The molecule has 5 nitrogen and oxygen atoms in total. The van der Waals surface area contributed by atoms with E-state index < -0.39 is 11.8 Å². The molecule has 1 rings (SSSR count). The van der Waals surface area contributed by atoms with Gasteiger partial charge in [0.05, 0.1) is 15.7 Å². The summed E-state index contributed by atoms with van der Waals surface area (Å²) < 4.78 is 0. The number of nitrogens with zero attached hydrogens (tertiary/aromatic N) is 1. The zero-order chi connectivity index (χ0) is 15.8. The number of amides is 2. The van der Waals surface area contributed by atoms with Gasteiger partial charge in [-0.05, 0) is 25.2 Å². The Bertz CT molecular complexity index is 505. The monoisotopic (exact) mass is 331 g/mol. The van der Waals surface area contributed by atoms with Gasteiger partial charge in [-0.15, -0.1) is 0 Å². The van der Waals surface area contributed by atoms with Crippen molar-refractivity contribution in [2.45, 2.75) is 13.8 Å². The molecule has 0 aromatic heterocycles. The standard InChI is InChI=1S/C14H19Cl2N3O2/c1-3-19(4-2)9-8-17-13(20)14(21)18-11-7-5-6-10(15)12(11)16/h5-7H,3-4,8-9H2,1-2H3,(H,17,20)(H,18,21). The summed E-state index contributed by atoms with van der Waals surface area (Å²) in [7, 11) is 0. The van der Waals surface area contributed by atoms with E-state index in [9.17, 15) is 9.59 Å². The minimum atomic E-state index is -0.765. The molecule has 0 saturated carbocycles. The summed E-state index contributed by atoms with van der Waals surface area (Å²) >= 11 is 11.8. The summed E-state index contributed by atoms with van der Waals surface area (Å²) in [5.74, 6) is -1.46. The Labute approximate surface area is 134 Å². The molecule has 0 atom stereocenters. The predicted octanol–water partition coefficient (Wildman–Crippen LogP) is 2.39. The highest BCUT2D eigenvalue weighted by atomic mass is 35.5. The summed E-state index contributed by atoms with van der Waals surface area (Å²) in [6.07, 6.45) is 0. The number of anilines is 1. The Balaban J connectivity index is 2.48. The normalized spacial score (nSPS) is 10.5. The first-order valence-corrected chi connectivity index (χ1v) is 7.50. The van der Waals surface area contributed by atoms with E-state index in [1.807, 2.05) is 13.8 Å². The molecule has 116 valence electrons. The Morgan fingerprint density at radius 2 is 1.81 bits per heavy atom. The summed E-state index contributed by atoms with van der Waals surface area (Å²) in [6.45, 7) is 6.99. The third-order valence-corrected chi connectivity index (χ3v) is 3.83. The van der Waals surface area contributed by atoms with Crippen LogP contribution >= 0.6 is 23.2 Å². The third-order valence-electron chi connectivity index (χ3n) is 3.01. The van der Waals surface area contributed by atoms with Gasteiger partial charge < -0.3 is 15.5 Å². The van der Waals surface area contributed by atoms with Gasteiger partial charge in [0, 0.05) is 13.1 Å². The van der Waals surface area contributed by atoms with Crippen LogP contribution in [0.3, 0.4) is 0 Å². The molecule has 0 radical (unpaired) electrons. The maximum Gasteiger partial charge on any atom is 0.313 e. The first-order valence-electron chi connectivity index (χ1n) is 6.75. The van der Waals surface area contributed by atoms with Gasteiger partial charge in [-0.3, -0.25) is 9.59 Å². The molecule has 0 unspecified atom stereocenters. The number of carbonyl (C=O) groups excluding carboxylic acids is 2. The summed E-state index contributed by atoms with van der Waals surface area (Å²) in [6, 6.07) is 4.82. The molecule has 0 aliphatic carbocycles. The van der Waals surface area contributed by atoms with Gasteiger partial charge in [0.25, 0.3) is 0 Å². The minimum absolute atomic E-state index is 0.212. The SMILES string of the molecule is CCN(CC)CCNC(=O)C(=O)Nc1cccc(Cl)c1Cl. The fourth-order valence-electron chi connectivity index (χ4n) is 1.73. The second-order valence-electron chi connectivity index (χ2n) is 4.34. The van der Waals surface area contributed by atoms with Gasteiger partial charge in [-0.2, -0.15) is 0 Å². The number of carbonyl (C=O) groups is 2. The van der Waals surface area contributed by atoms with Crippen LogP contribution < -0.4 is 10.6 Å². The smallest absolute Gasteiger partial charge is 0.313 e. The molecule has 0 heterocycles. The van der Waals surface area contributed by atoms with E-state index >= 15 is 0 Å². The molecule has 7 heteroatoms. The maximum atomic E-state index is 11.8. The summed E-state index contributed by atoms with van der Waals surface area (Å²) in [4.78, 5) is 25.6. The van der Waals surface area contributed by atoms with Crippen molar-refractivity contribution < 1.29 is 9.59 Å². The zero-order valence-electron chi connectivity index (χ0n) is 12.1. The van der Waals surface area contributed by atoms with Crippen molar-refractivity contribution >= 4 is 40.7 Å². The quantitative estimate of drug-likeness (QED) is 0.787.